The van der Waals surface area contributed by atoms with E-state index in [0.29, 0.717) is 0 Å². The summed E-state index contributed by atoms with van der Waals surface area (Å²) in [7, 11) is 0. The second kappa shape index (κ2) is 10.2. The summed E-state index contributed by atoms with van der Waals surface area (Å²) in [6, 6.07) is 61.5. The van der Waals surface area contributed by atoms with Gasteiger partial charge in [-0.05, 0) is 89.3 Å². The first-order chi connectivity index (χ1) is 23.3. The highest BCUT2D eigenvalue weighted by Crippen LogP contribution is 2.47. The van der Waals surface area contributed by atoms with Gasteiger partial charge in [-0.3, -0.25) is 0 Å². The van der Waals surface area contributed by atoms with E-state index in [1.807, 2.05) is 0 Å². The van der Waals surface area contributed by atoms with E-state index < -0.39 is 0 Å². The molecular weight excluding hydrogens is 569 g/mol. The lowest BCUT2D eigenvalue weighted by Crippen LogP contribution is -1.91. The topological polar surface area (TPSA) is 13.1 Å². The standard InChI is InChI=1S/C46H28O/c1-2-12-33-28-34(25-22-29(33)10-1)30-20-23-32(24-21-30)43-36-14-5-7-16-38(36)44(39-17-8-6-15-37(39)43)40-18-9-19-42-45(40)41-27-26-31-11-3-4-13-35(31)46(41)47-42/h1-28H. The highest BCUT2D eigenvalue weighted by atomic mass is 16.3. The molecule has 0 bridgehead atoms. The van der Waals surface area contributed by atoms with Crippen LogP contribution < -0.4 is 0 Å². The van der Waals surface area contributed by atoms with Crippen molar-refractivity contribution in [1.82, 2.24) is 0 Å². The van der Waals surface area contributed by atoms with Gasteiger partial charge in [0, 0.05) is 16.2 Å². The molecule has 0 radical (unpaired) electrons. The second-order valence-corrected chi connectivity index (χ2v) is 12.4. The Morgan fingerprint density at radius 3 is 1.60 bits per heavy atom. The third-order valence-corrected chi connectivity index (χ3v) is 9.84. The molecule has 1 heterocycles. The molecule has 9 aromatic carbocycles. The molecule has 0 amide bonds. The van der Waals surface area contributed by atoms with Gasteiger partial charge >= 0.3 is 0 Å². The van der Waals surface area contributed by atoms with Gasteiger partial charge in [-0.1, -0.05) is 152 Å². The minimum Gasteiger partial charge on any atom is -0.455 e. The molecule has 1 aromatic heterocycles. The van der Waals surface area contributed by atoms with Gasteiger partial charge in [0.2, 0.25) is 0 Å². The minimum absolute atomic E-state index is 0.912. The fourth-order valence-electron chi connectivity index (χ4n) is 7.69. The Labute approximate surface area is 271 Å². The minimum atomic E-state index is 0.912. The van der Waals surface area contributed by atoms with Gasteiger partial charge in [-0.25, -0.2) is 0 Å². The average molecular weight is 597 g/mol. The molecule has 10 rings (SSSR count). The molecule has 1 nitrogen and oxygen atoms in total. The van der Waals surface area contributed by atoms with E-state index in [-0.39, 0.29) is 0 Å². The van der Waals surface area contributed by atoms with Crippen molar-refractivity contribution < 1.29 is 4.42 Å². The van der Waals surface area contributed by atoms with Crippen LogP contribution in [0.2, 0.25) is 0 Å². The molecule has 0 saturated heterocycles. The predicted octanol–water partition coefficient (Wildman–Crippen LogP) is 13.2. The molecule has 0 aliphatic rings. The summed E-state index contributed by atoms with van der Waals surface area (Å²) >= 11 is 0. The number of hydrogen-bond acceptors (Lipinski definition) is 1. The van der Waals surface area contributed by atoms with Crippen LogP contribution in [0.1, 0.15) is 0 Å². The maximum absolute atomic E-state index is 6.62. The Bertz CT molecular complexity index is 2780. The lowest BCUT2D eigenvalue weighted by atomic mass is 9.84. The van der Waals surface area contributed by atoms with Gasteiger partial charge < -0.3 is 4.42 Å². The third-order valence-electron chi connectivity index (χ3n) is 9.84. The molecule has 1 heteroatoms. The van der Waals surface area contributed by atoms with E-state index in [2.05, 4.69) is 170 Å². The van der Waals surface area contributed by atoms with Crippen molar-refractivity contribution in [2.24, 2.45) is 0 Å². The lowest BCUT2D eigenvalue weighted by Gasteiger charge is -2.18. The zero-order valence-electron chi connectivity index (χ0n) is 25.6. The molecule has 10 aromatic rings. The molecule has 0 N–H and O–H groups in total. The largest absolute Gasteiger partial charge is 0.455 e. The average Bonchev–Trinajstić information content (AvgIpc) is 3.54. The summed E-state index contributed by atoms with van der Waals surface area (Å²) < 4.78 is 6.62. The number of rotatable bonds is 3. The second-order valence-electron chi connectivity index (χ2n) is 12.4. The van der Waals surface area contributed by atoms with Crippen LogP contribution >= 0.6 is 0 Å². The van der Waals surface area contributed by atoms with Crippen molar-refractivity contribution >= 4 is 65.0 Å². The van der Waals surface area contributed by atoms with Gasteiger partial charge in [0.1, 0.15) is 11.2 Å². The van der Waals surface area contributed by atoms with Crippen LogP contribution in [0.15, 0.2) is 174 Å². The van der Waals surface area contributed by atoms with Gasteiger partial charge in [-0.2, -0.15) is 0 Å². The number of hydrogen-bond donors (Lipinski definition) is 0. The first kappa shape index (κ1) is 26.1. The molecular formula is C46H28O. The van der Waals surface area contributed by atoms with E-state index in [4.69, 9.17) is 4.42 Å². The summed E-state index contributed by atoms with van der Waals surface area (Å²) in [6.45, 7) is 0. The van der Waals surface area contributed by atoms with E-state index >= 15 is 0 Å². The zero-order valence-corrected chi connectivity index (χ0v) is 25.6. The highest BCUT2D eigenvalue weighted by molar-refractivity contribution is 6.27. The summed E-state index contributed by atoms with van der Waals surface area (Å²) in [5.41, 5.74) is 9.23. The summed E-state index contributed by atoms with van der Waals surface area (Å²) in [6.07, 6.45) is 0. The Kier molecular flexibility index (Phi) is 5.64. The molecule has 0 spiro atoms. The van der Waals surface area contributed by atoms with Crippen molar-refractivity contribution in [3.05, 3.63) is 170 Å². The summed E-state index contributed by atoms with van der Waals surface area (Å²) in [5, 5.41) is 12.1. The zero-order chi connectivity index (χ0) is 30.9. The summed E-state index contributed by atoms with van der Waals surface area (Å²) in [4.78, 5) is 0. The van der Waals surface area contributed by atoms with Crippen molar-refractivity contribution in [3.8, 4) is 33.4 Å². The Morgan fingerprint density at radius 2 is 0.872 bits per heavy atom. The number of furan rings is 1. The molecule has 0 aliphatic heterocycles. The van der Waals surface area contributed by atoms with Crippen molar-refractivity contribution in [2.45, 2.75) is 0 Å². The number of benzene rings is 9. The van der Waals surface area contributed by atoms with E-state index in [1.54, 1.807) is 0 Å². The van der Waals surface area contributed by atoms with Crippen LogP contribution in [0.3, 0.4) is 0 Å². The van der Waals surface area contributed by atoms with Gasteiger partial charge in [-0.15, -0.1) is 0 Å². The van der Waals surface area contributed by atoms with Crippen molar-refractivity contribution in [2.75, 3.05) is 0 Å². The third kappa shape index (κ3) is 3.97. The fraction of sp³-hybridized carbons (Fsp3) is 0. The van der Waals surface area contributed by atoms with E-state index in [1.165, 1.54) is 71.1 Å². The SMILES string of the molecule is c1ccc2cc(-c3ccc(-c4c5ccccc5c(-c5cccc6oc7c8ccccc8ccc7c56)c5ccccc45)cc3)ccc2c1. The molecule has 0 unspecified atom stereocenters. The normalized spacial score (nSPS) is 11.8. The van der Waals surface area contributed by atoms with Crippen molar-refractivity contribution in [3.63, 3.8) is 0 Å². The Morgan fingerprint density at radius 1 is 0.319 bits per heavy atom. The molecule has 0 atom stereocenters. The van der Waals surface area contributed by atoms with Crippen LogP contribution in [0.4, 0.5) is 0 Å². The maximum atomic E-state index is 6.62. The Hall–Kier alpha value is -6.18. The van der Waals surface area contributed by atoms with Crippen LogP contribution in [0.5, 0.6) is 0 Å². The quantitative estimate of drug-likeness (QED) is 0.185. The molecule has 218 valence electrons. The Balaban J connectivity index is 1.22. The number of fused-ring (bicyclic) bond motifs is 8. The first-order valence-corrected chi connectivity index (χ1v) is 16.2. The smallest absolute Gasteiger partial charge is 0.143 e. The van der Waals surface area contributed by atoms with Gasteiger partial charge in [0.25, 0.3) is 0 Å². The lowest BCUT2D eigenvalue weighted by molar-refractivity contribution is 0.673. The van der Waals surface area contributed by atoms with E-state index in [0.717, 1.165) is 27.3 Å². The molecule has 0 saturated carbocycles. The van der Waals surface area contributed by atoms with Gasteiger partial charge in [0.15, 0.2) is 0 Å². The fourth-order valence-corrected chi connectivity index (χ4v) is 7.69. The van der Waals surface area contributed by atoms with Crippen LogP contribution in [-0.2, 0) is 0 Å². The maximum Gasteiger partial charge on any atom is 0.143 e. The predicted molar refractivity (Wildman–Crippen MR) is 200 cm³/mol. The van der Waals surface area contributed by atoms with Crippen LogP contribution in [-0.4, -0.2) is 0 Å². The van der Waals surface area contributed by atoms with Gasteiger partial charge in [0.05, 0.1) is 0 Å². The monoisotopic (exact) mass is 596 g/mol. The first-order valence-electron chi connectivity index (χ1n) is 16.2. The van der Waals surface area contributed by atoms with Crippen LogP contribution in [0.25, 0.3) is 98.4 Å². The van der Waals surface area contributed by atoms with Crippen LogP contribution in [0, 0.1) is 0 Å². The van der Waals surface area contributed by atoms with Crippen molar-refractivity contribution in [1.29, 1.82) is 0 Å². The molecule has 47 heavy (non-hydrogen) atoms. The molecule has 0 aliphatic carbocycles. The molecule has 0 fully saturated rings. The highest BCUT2D eigenvalue weighted by Gasteiger charge is 2.20. The van der Waals surface area contributed by atoms with E-state index in [9.17, 15) is 0 Å². The summed E-state index contributed by atoms with van der Waals surface area (Å²) in [5.74, 6) is 0.